The first kappa shape index (κ1) is 20.9. The second-order valence-electron chi connectivity index (χ2n) is 6.71. The van der Waals surface area contributed by atoms with Crippen molar-refractivity contribution in [1.29, 1.82) is 0 Å². The molecule has 2 aromatic carbocycles. The van der Waals surface area contributed by atoms with Gasteiger partial charge < -0.3 is 10.6 Å². The molecule has 27 heavy (non-hydrogen) atoms. The van der Waals surface area contributed by atoms with E-state index in [0.29, 0.717) is 5.69 Å². The molecule has 0 heterocycles. The van der Waals surface area contributed by atoms with E-state index < -0.39 is 16.1 Å². The predicted octanol–water partition coefficient (Wildman–Crippen LogP) is 3.37. The van der Waals surface area contributed by atoms with Gasteiger partial charge in [0.05, 0.1) is 4.90 Å². The average Bonchev–Trinajstić information content (AvgIpc) is 2.61. The zero-order valence-electron chi connectivity index (χ0n) is 16.1. The maximum Gasteiger partial charge on any atom is 0.246 e. The maximum absolute atomic E-state index is 12.4. The second-order valence-corrected chi connectivity index (χ2v) is 8.42. The van der Waals surface area contributed by atoms with Crippen LogP contribution in [-0.4, -0.2) is 26.4 Å². The van der Waals surface area contributed by atoms with E-state index >= 15 is 0 Å². The number of benzene rings is 2. The lowest BCUT2D eigenvalue weighted by Gasteiger charge is -2.16. The lowest BCUT2D eigenvalue weighted by atomic mass is 10.1. The van der Waals surface area contributed by atoms with Crippen molar-refractivity contribution in [2.24, 2.45) is 0 Å². The topological polar surface area (TPSA) is 87.3 Å². The Morgan fingerprint density at radius 1 is 1.00 bits per heavy atom. The normalized spacial score (nSPS) is 12.6. The molecule has 3 N–H and O–H groups in total. The minimum Gasteiger partial charge on any atom is -0.374 e. The molecule has 2 rings (SSSR count). The van der Waals surface area contributed by atoms with Crippen LogP contribution in [0.2, 0.25) is 0 Å². The average molecular weight is 390 g/mol. The Morgan fingerprint density at radius 3 is 2.26 bits per heavy atom. The van der Waals surface area contributed by atoms with Crippen LogP contribution in [0.4, 0.5) is 11.4 Å². The van der Waals surface area contributed by atoms with Crippen molar-refractivity contribution < 1.29 is 13.2 Å². The zero-order valence-corrected chi connectivity index (χ0v) is 16.9. The Balaban J connectivity index is 2.00. The van der Waals surface area contributed by atoms with Gasteiger partial charge in [-0.3, -0.25) is 4.79 Å². The van der Waals surface area contributed by atoms with Crippen molar-refractivity contribution in [3.63, 3.8) is 0 Å². The van der Waals surface area contributed by atoms with E-state index in [1.165, 1.54) is 17.7 Å². The molecule has 0 bridgehead atoms. The summed E-state index contributed by atoms with van der Waals surface area (Å²) in [6.45, 7) is 7.38. The fourth-order valence-electron chi connectivity index (χ4n) is 2.54. The van der Waals surface area contributed by atoms with Crippen LogP contribution < -0.4 is 15.4 Å². The molecule has 0 fully saturated rings. The lowest BCUT2D eigenvalue weighted by Crippen LogP contribution is -2.32. The van der Waals surface area contributed by atoms with Gasteiger partial charge in [-0.1, -0.05) is 19.1 Å². The lowest BCUT2D eigenvalue weighted by molar-refractivity contribution is -0.116. The van der Waals surface area contributed by atoms with Gasteiger partial charge in [0.2, 0.25) is 15.9 Å². The standard InChI is InChI=1S/C20H27N3O3S/c1-5-16-7-6-8-18(13-16)21-15(4)20(24)22-17-9-11-19(12-10-17)27(25,26)23-14(2)3/h6-15,21,23H,5H2,1-4H3,(H,22,24). The summed E-state index contributed by atoms with van der Waals surface area (Å²) in [4.78, 5) is 12.6. The number of sulfonamides is 1. The van der Waals surface area contributed by atoms with Crippen LogP contribution >= 0.6 is 0 Å². The summed E-state index contributed by atoms with van der Waals surface area (Å²) < 4.78 is 26.8. The van der Waals surface area contributed by atoms with Crippen molar-refractivity contribution in [2.45, 2.75) is 51.1 Å². The molecule has 0 aliphatic rings. The summed E-state index contributed by atoms with van der Waals surface area (Å²) in [5, 5.41) is 5.97. The first-order valence-electron chi connectivity index (χ1n) is 9.00. The minimum atomic E-state index is -3.54. The summed E-state index contributed by atoms with van der Waals surface area (Å²) in [5.74, 6) is -0.201. The highest BCUT2D eigenvalue weighted by Gasteiger charge is 2.16. The smallest absolute Gasteiger partial charge is 0.246 e. The molecule has 1 unspecified atom stereocenters. The number of amides is 1. The van der Waals surface area contributed by atoms with Crippen LogP contribution in [0.3, 0.4) is 0 Å². The van der Waals surface area contributed by atoms with Gasteiger partial charge in [-0.05, 0) is 69.2 Å². The number of hydrogen-bond acceptors (Lipinski definition) is 4. The van der Waals surface area contributed by atoms with Gasteiger partial charge >= 0.3 is 0 Å². The van der Waals surface area contributed by atoms with Gasteiger partial charge in [-0.25, -0.2) is 13.1 Å². The molecule has 146 valence electrons. The number of carbonyl (C=O) groups is 1. The van der Waals surface area contributed by atoms with Crippen LogP contribution in [0.1, 0.15) is 33.3 Å². The Morgan fingerprint density at radius 2 is 1.67 bits per heavy atom. The highest BCUT2D eigenvalue weighted by molar-refractivity contribution is 7.89. The van der Waals surface area contributed by atoms with Gasteiger partial charge in [0.1, 0.15) is 6.04 Å². The number of nitrogens with one attached hydrogen (secondary N) is 3. The summed E-state index contributed by atoms with van der Waals surface area (Å²) >= 11 is 0. The number of carbonyl (C=O) groups excluding carboxylic acids is 1. The Kier molecular flexibility index (Phi) is 6.98. The zero-order chi connectivity index (χ0) is 20.0. The van der Waals surface area contributed by atoms with E-state index in [4.69, 9.17) is 0 Å². The Hall–Kier alpha value is -2.38. The monoisotopic (exact) mass is 389 g/mol. The molecule has 0 saturated heterocycles. The molecule has 0 spiro atoms. The van der Waals surface area contributed by atoms with Crippen LogP contribution in [0.15, 0.2) is 53.4 Å². The molecular weight excluding hydrogens is 362 g/mol. The molecule has 2 aromatic rings. The first-order chi connectivity index (χ1) is 12.7. The maximum atomic E-state index is 12.4. The minimum absolute atomic E-state index is 0.164. The highest BCUT2D eigenvalue weighted by Crippen LogP contribution is 2.16. The molecule has 0 radical (unpaired) electrons. The van der Waals surface area contributed by atoms with Crippen LogP contribution in [0.5, 0.6) is 0 Å². The number of aryl methyl sites for hydroxylation is 1. The fraction of sp³-hybridized carbons (Fsp3) is 0.350. The van der Waals surface area contributed by atoms with Crippen molar-refractivity contribution >= 4 is 27.3 Å². The van der Waals surface area contributed by atoms with Crippen LogP contribution in [0.25, 0.3) is 0 Å². The molecule has 0 aliphatic carbocycles. The summed E-state index contributed by atoms with van der Waals surface area (Å²) in [6.07, 6.45) is 0.928. The van der Waals surface area contributed by atoms with Gasteiger partial charge in [0.15, 0.2) is 0 Å². The third-order valence-electron chi connectivity index (χ3n) is 3.93. The van der Waals surface area contributed by atoms with E-state index in [2.05, 4.69) is 22.3 Å². The summed E-state index contributed by atoms with van der Waals surface area (Å²) in [6, 6.07) is 13.4. The molecule has 0 aromatic heterocycles. The SMILES string of the molecule is CCc1cccc(NC(C)C(=O)Nc2ccc(S(=O)(=O)NC(C)C)cc2)c1. The predicted molar refractivity (Wildman–Crippen MR) is 109 cm³/mol. The van der Waals surface area contributed by atoms with Crippen molar-refractivity contribution in [3.05, 3.63) is 54.1 Å². The van der Waals surface area contributed by atoms with E-state index in [9.17, 15) is 13.2 Å². The largest absolute Gasteiger partial charge is 0.374 e. The van der Waals surface area contributed by atoms with Crippen LogP contribution in [0, 0.1) is 0 Å². The van der Waals surface area contributed by atoms with E-state index in [1.807, 2.05) is 24.3 Å². The van der Waals surface area contributed by atoms with Crippen molar-refractivity contribution in [1.82, 2.24) is 4.72 Å². The first-order valence-corrected chi connectivity index (χ1v) is 10.5. The van der Waals surface area contributed by atoms with Crippen LogP contribution in [-0.2, 0) is 21.2 Å². The molecule has 1 amide bonds. The fourth-order valence-corrected chi connectivity index (χ4v) is 3.79. The van der Waals surface area contributed by atoms with Crippen molar-refractivity contribution in [2.75, 3.05) is 10.6 Å². The molecule has 6 nitrogen and oxygen atoms in total. The van der Waals surface area contributed by atoms with Crippen molar-refractivity contribution in [3.8, 4) is 0 Å². The van der Waals surface area contributed by atoms with E-state index in [-0.39, 0.29) is 16.8 Å². The van der Waals surface area contributed by atoms with Gasteiger partial charge in [0, 0.05) is 17.4 Å². The van der Waals surface area contributed by atoms with Gasteiger partial charge in [0.25, 0.3) is 0 Å². The Bertz CT molecular complexity index is 878. The molecule has 0 aliphatic heterocycles. The summed E-state index contributed by atoms with van der Waals surface area (Å²) in [5.41, 5.74) is 2.62. The second kappa shape index (κ2) is 9.01. The van der Waals surface area contributed by atoms with Gasteiger partial charge in [-0.2, -0.15) is 0 Å². The molecule has 1 atom stereocenters. The van der Waals surface area contributed by atoms with E-state index in [0.717, 1.165) is 12.1 Å². The molecule has 0 saturated carbocycles. The number of rotatable bonds is 8. The quantitative estimate of drug-likeness (QED) is 0.646. The van der Waals surface area contributed by atoms with Gasteiger partial charge in [-0.15, -0.1) is 0 Å². The highest BCUT2D eigenvalue weighted by atomic mass is 32.2. The molecule has 7 heteroatoms. The number of anilines is 2. The van der Waals surface area contributed by atoms with E-state index in [1.54, 1.807) is 32.9 Å². The third-order valence-corrected chi connectivity index (χ3v) is 5.61. The third kappa shape index (κ3) is 6.08. The summed E-state index contributed by atoms with van der Waals surface area (Å²) in [7, 11) is -3.54. The Labute approximate surface area is 161 Å². The molecular formula is C20H27N3O3S. The number of hydrogen-bond donors (Lipinski definition) is 3.